The van der Waals surface area contributed by atoms with Crippen LogP contribution in [0.25, 0.3) is 5.65 Å². The molecule has 0 aromatic carbocycles. The Morgan fingerprint density at radius 1 is 1.46 bits per heavy atom. The molecule has 0 aliphatic heterocycles. The number of rotatable bonds is 0. The number of nitrogens with zero attached hydrogens (tertiary/aromatic N) is 2. The second-order valence-electron chi connectivity index (χ2n) is 2.98. The summed E-state index contributed by atoms with van der Waals surface area (Å²) in [7, 11) is 0. The van der Waals surface area contributed by atoms with E-state index in [1.165, 1.54) is 0 Å². The Balaban J connectivity index is 2.94. The normalized spacial score (nSPS) is 11.1. The van der Waals surface area contributed by atoms with Gasteiger partial charge in [0.25, 0.3) is 0 Å². The van der Waals surface area contributed by atoms with Gasteiger partial charge >= 0.3 is 0 Å². The van der Waals surface area contributed by atoms with Gasteiger partial charge in [0.05, 0.1) is 15.2 Å². The van der Waals surface area contributed by atoms with Gasteiger partial charge < -0.3 is 4.40 Å². The molecule has 0 bridgehead atoms. The predicted molar refractivity (Wildman–Crippen MR) is 57.4 cm³/mol. The minimum atomic E-state index is 0.708. The third-order valence-corrected chi connectivity index (χ3v) is 2.91. The molecule has 0 fully saturated rings. The smallest absolute Gasteiger partial charge is 0.151 e. The summed E-state index contributed by atoms with van der Waals surface area (Å²) >= 11 is 9.35. The Bertz CT molecular complexity index is 476. The molecule has 0 atom stereocenters. The van der Waals surface area contributed by atoms with E-state index >= 15 is 0 Å². The molecule has 0 saturated carbocycles. The molecule has 0 unspecified atom stereocenters. The molecule has 0 aliphatic carbocycles. The van der Waals surface area contributed by atoms with Gasteiger partial charge in [0.15, 0.2) is 5.65 Å². The average molecular weight is 260 g/mol. The number of imidazole rings is 1. The molecular formula is C9H8BrClN2. The Hall–Kier alpha value is -0.540. The molecule has 2 aromatic heterocycles. The van der Waals surface area contributed by atoms with E-state index in [0.29, 0.717) is 5.02 Å². The van der Waals surface area contributed by atoms with Crippen molar-refractivity contribution in [3.05, 3.63) is 33.1 Å². The van der Waals surface area contributed by atoms with Crippen LogP contribution in [0.2, 0.25) is 5.02 Å². The first-order chi connectivity index (χ1) is 6.09. The van der Waals surface area contributed by atoms with E-state index in [2.05, 4.69) is 20.9 Å². The summed E-state index contributed by atoms with van der Waals surface area (Å²) in [4.78, 5) is 4.41. The topological polar surface area (TPSA) is 17.3 Å². The summed E-state index contributed by atoms with van der Waals surface area (Å²) in [6.07, 6.45) is 1.87. The number of aromatic nitrogens is 2. The van der Waals surface area contributed by atoms with Gasteiger partial charge in [0.1, 0.15) is 0 Å². The number of hydrogen-bond donors (Lipinski definition) is 0. The zero-order chi connectivity index (χ0) is 9.59. The third-order valence-electron chi connectivity index (χ3n) is 2.12. The molecule has 13 heavy (non-hydrogen) atoms. The minimum Gasteiger partial charge on any atom is -0.302 e. The molecule has 0 amide bonds. The fraction of sp³-hybridized carbons (Fsp3) is 0.222. The Kier molecular flexibility index (Phi) is 2.08. The standard InChI is InChI=1S/C9H8BrClN2/c1-5-6(2)13-4-7(11)3-8(10)9(13)12-5/h3-4H,1-2H3. The van der Waals surface area contributed by atoms with Crippen LogP contribution in [-0.2, 0) is 0 Å². The number of aryl methyl sites for hydroxylation is 2. The van der Waals surface area contributed by atoms with Crippen molar-refractivity contribution in [3.63, 3.8) is 0 Å². The fourth-order valence-electron chi connectivity index (χ4n) is 1.30. The van der Waals surface area contributed by atoms with Crippen molar-refractivity contribution in [2.24, 2.45) is 0 Å². The monoisotopic (exact) mass is 258 g/mol. The highest BCUT2D eigenvalue weighted by Gasteiger charge is 2.07. The van der Waals surface area contributed by atoms with E-state index in [4.69, 9.17) is 11.6 Å². The molecule has 0 spiro atoms. The van der Waals surface area contributed by atoms with Crippen LogP contribution in [0.5, 0.6) is 0 Å². The second kappa shape index (κ2) is 3.00. The second-order valence-corrected chi connectivity index (χ2v) is 4.27. The molecule has 68 valence electrons. The summed E-state index contributed by atoms with van der Waals surface area (Å²) in [6, 6.07) is 1.85. The highest BCUT2D eigenvalue weighted by molar-refractivity contribution is 9.10. The first-order valence-electron chi connectivity index (χ1n) is 3.90. The molecule has 0 saturated heterocycles. The van der Waals surface area contributed by atoms with Crippen molar-refractivity contribution in [2.45, 2.75) is 13.8 Å². The highest BCUT2D eigenvalue weighted by atomic mass is 79.9. The van der Waals surface area contributed by atoms with Crippen LogP contribution in [0.4, 0.5) is 0 Å². The van der Waals surface area contributed by atoms with Crippen LogP contribution in [0, 0.1) is 13.8 Å². The van der Waals surface area contributed by atoms with Crippen molar-refractivity contribution >= 4 is 33.2 Å². The Morgan fingerprint density at radius 3 is 2.85 bits per heavy atom. The maximum Gasteiger partial charge on any atom is 0.151 e. The van der Waals surface area contributed by atoms with Crippen LogP contribution in [-0.4, -0.2) is 9.38 Å². The number of pyridine rings is 1. The van der Waals surface area contributed by atoms with Crippen molar-refractivity contribution < 1.29 is 0 Å². The van der Waals surface area contributed by atoms with Gasteiger partial charge in [-0.15, -0.1) is 0 Å². The van der Waals surface area contributed by atoms with Gasteiger partial charge in [0.2, 0.25) is 0 Å². The lowest BCUT2D eigenvalue weighted by Crippen LogP contribution is -1.87. The van der Waals surface area contributed by atoms with Crippen LogP contribution < -0.4 is 0 Å². The summed E-state index contributed by atoms with van der Waals surface area (Å²) in [6.45, 7) is 4.01. The van der Waals surface area contributed by atoms with Crippen LogP contribution in [0.15, 0.2) is 16.7 Å². The molecule has 2 nitrogen and oxygen atoms in total. The number of halogens is 2. The maximum atomic E-state index is 5.93. The maximum absolute atomic E-state index is 5.93. The molecule has 0 radical (unpaired) electrons. The molecule has 2 rings (SSSR count). The summed E-state index contributed by atoms with van der Waals surface area (Å²) in [5.41, 5.74) is 3.07. The summed E-state index contributed by atoms with van der Waals surface area (Å²) in [5, 5.41) is 0.708. The molecule has 4 heteroatoms. The van der Waals surface area contributed by atoms with E-state index in [1.54, 1.807) is 0 Å². The average Bonchev–Trinajstić information content (AvgIpc) is 2.32. The van der Waals surface area contributed by atoms with Gasteiger partial charge in [-0.3, -0.25) is 0 Å². The molecular weight excluding hydrogens is 251 g/mol. The van der Waals surface area contributed by atoms with Gasteiger partial charge in [-0.2, -0.15) is 0 Å². The minimum absolute atomic E-state index is 0.708. The van der Waals surface area contributed by atoms with E-state index in [9.17, 15) is 0 Å². The first kappa shape index (κ1) is 9.03. The highest BCUT2D eigenvalue weighted by Crippen LogP contribution is 2.23. The van der Waals surface area contributed by atoms with Crippen molar-refractivity contribution in [1.82, 2.24) is 9.38 Å². The van der Waals surface area contributed by atoms with Crippen LogP contribution >= 0.6 is 27.5 Å². The third kappa shape index (κ3) is 1.36. The largest absolute Gasteiger partial charge is 0.302 e. The van der Waals surface area contributed by atoms with Crippen molar-refractivity contribution in [2.75, 3.05) is 0 Å². The van der Waals surface area contributed by atoms with E-state index < -0.39 is 0 Å². The van der Waals surface area contributed by atoms with Crippen molar-refractivity contribution in [3.8, 4) is 0 Å². The zero-order valence-electron chi connectivity index (χ0n) is 7.31. The fourth-order valence-corrected chi connectivity index (χ4v) is 2.16. The molecule has 0 N–H and O–H groups in total. The Labute approximate surface area is 89.7 Å². The molecule has 2 heterocycles. The van der Waals surface area contributed by atoms with Gasteiger partial charge in [-0.1, -0.05) is 11.6 Å². The van der Waals surface area contributed by atoms with Gasteiger partial charge in [0, 0.05) is 11.9 Å². The lowest BCUT2D eigenvalue weighted by atomic mass is 10.4. The van der Waals surface area contributed by atoms with E-state index in [-0.39, 0.29) is 0 Å². The first-order valence-corrected chi connectivity index (χ1v) is 5.07. The Morgan fingerprint density at radius 2 is 2.15 bits per heavy atom. The number of hydrogen-bond acceptors (Lipinski definition) is 1. The molecule has 0 aliphatic rings. The van der Waals surface area contributed by atoms with E-state index in [1.807, 2.05) is 30.5 Å². The van der Waals surface area contributed by atoms with Gasteiger partial charge in [-0.05, 0) is 35.8 Å². The van der Waals surface area contributed by atoms with Gasteiger partial charge in [-0.25, -0.2) is 4.98 Å². The lowest BCUT2D eigenvalue weighted by Gasteiger charge is -1.99. The quantitative estimate of drug-likeness (QED) is 0.709. The van der Waals surface area contributed by atoms with Crippen molar-refractivity contribution in [1.29, 1.82) is 0 Å². The lowest BCUT2D eigenvalue weighted by molar-refractivity contribution is 1.09. The molecule has 2 aromatic rings. The SMILES string of the molecule is Cc1nc2c(Br)cc(Cl)cn2c1C. The summed E-state index contributed by atoms with van der Waals surface area (Å²) in [5.74, 6) is 0. The number of fused-ring (bicyclic) bond motifs is 1. The predicted octanol–water partition coefficient (Wildman–Crippen LogP) is 3.37. The van der Waals surface area contributed by atoms with Crippen LogP contribution in [0.1, 0.15) is 11.4 Å². The van der Waals surface area contributed by atoms with Crippen LogP contribution in [0.3, 0.4) is 0 Å². The van der Waals surface area contributed by atoms with E-state index in [0.717, 1.165) is 21.5 Å². The zero-order valence-corrected chi connectivity index (χ0v) is 9.65. The summed E-state index contributed by atoms with van der Waals surface area (Å²) < 4.78 is 2.91.